The first-order valence-electron chi connectivity index (χ1n) is 9.88. The summed E-state index contributed by atoms with van der Waals surface area (Å²) >= 11 is 0. The molecule has 1 amide bonds. The maximum absolute atomic E-state index is 13.0. The van der Waals surface area contributed by atoms with Crippen LogP contribution in [0.25, 0.3) is 0 Å². The summed E-state index contributed by atoms with van der Waals surface area (Å²) in [5.41, 5.74) is 1.37. The molecule has 6 heteroatoms. The van der Waals surface area contributed by atoms with Crippen molar-refractivity contribution in [2.45, 2.75) is 32.1 Å². The van der Waals surface area contributed by atoms with Gasteiger partial charge < -0.3 is 9.64 Å². The SMILES string of the molecule is COc1cccc(CC(=O)Cc2cc(N3CC[C@@](C#N)(C4CC4)C3=O)ccn2)c1. The van der Waals surface area contributed by atoms with Gasteiger partial charge in [0.2, 0.25) is 5.91 Å². The Morgan fingerprint density at radius 2 is 2.14 bits per heavy atom. The minimum absolute atomic E-state index is 0.0417. The molecule has 0 N–H and O–H groups in total. The normalized spacial score (nSPS) is 21.1. The Morgan fingerprint density at radius 1 is 1.31 bits per heavy atom. The van der Waals surface area contributed by atoms with Gasteiger partial charge in [0.25, 0.3) is 0 Å². The summed E-state index contributed by atoms with van der Waals surface area (Å²) in [4.78, 5) is 31.5. The molecule has 4 rings (SSSR count). The van der Waals surface area contributed by atoms with E-state index in [-0.39, 0.29) is 24.0 Å². The largest absolute Gasteiger partial charge is 0.497 e. The van der Waals surface area contributed by atoms with E-state index in [2.05, 4.69) is 11.1 Å². The lowest BCUT2D eigenvalue weighted by Crippen LogP contribution is -2.35. The smallest absolute Gasteiger partial charge is 0.247 e. The van der Waals surface area contributed by atoms with E-state index in [0.29, 0.717) is 30.8 Å². The fourth-order valence-electron chi connectivity index (χ4n) is 4.14. The number of carbonyl (C=O) groups excluding carboxylic acids is 2. The van der Waals surface area contributed by atoms with Crippen molar-refractivity contribution in [3.05, 3.63) is 53.9 Å². The van der Waals surface area contributed by atoms with E-state index in [9.17, 15) is 14.9 Å². The first-order chi connectivity index (χ1) is 14.1. The molecule has 1 saturated carbocycles. The molecule has 1 atom stereocenters. The molecule has 2 aromatic rings. The first-order valence-corrected chi connectivity index (χ1v) is 9.88. The third kappa shape index (κ3) is 3.73. The van der Waals surface area contributed by atoms with Gasteiger partial charge in [0.1, 0.15) is 16.9 Å². The molecule has 0 radical (unpaired) electrons. The standard InChI is InChI=1S/C23H23N3O3/c1-29-21-4-2-3-16(12-21)11-20(27)14-18-13-19(7-9-25-18)26-10-8-23(15-24,22(26)28)17-5-6-17/h2-4,7,9,12-13,17H,5-6,8,10-11,14H2,1H3/t23-/m1/s1. The van der Waals surface area contributed by atoms with Crippen molar-refractivity contribution in [3.8, 4) is 11.8 Å². The molecule has 2 aliphatic rings. The summed E-state index contributed by atoms with van der Waals surface area (Å²) in [5, 5.41) is 9.65. The summed E-state index contributed by atoms with van der Waals surface area (Å²) in [6, 6.07) is 13.3. The minimum Gasteiger partial charge on any atom is -0.497 e. The second-order valence-electron chi connectivity index (χ2n) is 7.81. The third-order valence-electron chi connectivity index (χ3n) is 5.86. The highest BCUT2D eigenvalue weighted by molar-refractivity contribution is 6.02. The van der Waals surface area contributed by atoms with E-state index in [1.54, 1.807) is 30.3 Å². The van der Waals surface area contributed by atoms with Crippen molar-refractivity contribution < 1.29 is 14.3 Å². The highest BCUT2D eigenvalue weighted by Gasteiger charge is 2.56. The van der Waals surface area contributed by atoms with Crippen molar-refractivity contribution in [2.24, 2.45) is 11.3 Å². The molecule has 29 heavy (non-hydrogen) atoms. The van der Waals surface area contributed by atoms with Gasteiger partial charge in [0.05, 0.1) is 13.2 Å². The highest BCUT2D eigenvalue weighted by atomic mass is 16.5. The van der Waals surface area contributed by atoms with Crippen LogP contribution >= 0.6 is 0 Å². The van der Waals surface area contributed by atoms with Crippen molar-refractivity contribution >= 4 is 17.4 Å². The van der Waals surface area contributed by atoms with E-state index < -0.39 is 5.41 Å². The van der Waals surface area contributed by atoms with E-state index in [1.165, 1.54) is 0 Å². The lowest BCUT2D eigenvalue weighted by molar-refractivity contribution is -0.123. The van der Waals surface area contributed by atoms with Gasteiger partial charge >= 0.3 is 0 Å². The van der Waals surface area contributed by atoms with Gasteiger partial charge in [-0.2, -0.15) is 5.26 Å². The van der Waals surface area contributed by atoms with Gasteiger partial charge in [0.15, 0.2) is 0 Å². The number of amides is 1. The molecule has 2 fully saturated rings. The second kappa shape index (κ2) is 7.67. The van der Waals surface area contributed by atoms with Gasteiger partial charge in [-0.3, -0.25) is 14.6 Å². The minimum atomic E-state index is -0.869. The van der Waals surface area contributed by atoms with Crippen LogP contribution in [0.5, 0.6) is 5.75 Å². The topological polar surface area (TPSA) is 83.3 Å². The Balaban J connectivity index is 1.46. The third-order valence-corrected chi connectivity index (χ3v) is 5.86. The van der Waals surface area contributed by atoms with Crippen LogP contribution in [0.15, 0.2) is 42.6 Å². The van der Waals surface area contributed by atoms with Gasteiger partial charge in [-0.1, -0.05) is 12.1 Å². The number of ketones is 1. The fraction of sp³-hybridized carbons (Fsp3) is 0.391. The number of carbonyl (C=O) groups is 2. The van der Waals surface area contributed by atoms with E-state index in [1.807, 2.05) is 24.3 Å². The average molecular weight is 389 g/mol. The molecule has 1 saturated heterocycles. The molecule has 0 unspecified atom stereocenters. The van der Waals surface area contributed by atoms with Crippen molar-refractivity contribution in [3.63, 3.8) is 0 Å². The van der Waals surface area contributed by atoms with Crippen LogP contribution in [0.1, 0.15) is 30.5 Å². The van der Waals surface area contributed by atoms with Crippen LogP contribution in [-0.2, 0) is 22.4 Å². The summed E-state index contributed by atoms with van der Waals surface area (Å²) in [6.07, 6.45) is 4.59. The van der Waals surface area contributed by atoms with Crippen LogP contribution in [-0.4, -0.2) is 30.3 Å². The Morgan fingerprint density at radius 3 is 2.86 bits per heavy atom. The van der Waals surface area contributed by atoms with Crippen LogP contribution in [0, 0.1) is 22.7 Å². The molecule has 0 bridgehead atoms. The number of aromatic nitrogens is 1. The Bertz CT molecular complexity index is 993. The number of Topliss-reactive ketones (excluding diaryl/α,β-unsaturated/α-hetero) is 1. The number of benzene rings is 1. The van der Waals surface area contributed by atoms with Gasteiger partial charge in [0, 0.05) is 37.0 Å². The number of anilines is 1. The van der Waals surface area contributed by atoms with E-state index >= 15 is 0 Å². The Hall–Kier alpha value is -3.20. The van der Waals surface area contributed by atoms with Crippen LogP contribution in [0.2, 0.25) is 0 Å². The number of methoxy groups -OCH3 is 1. The van der Waals surface area contributed by atoms with E-state index in [4.69, 9.17) is 4.74 Å². The molecule has 1 aromatic heterocycles. The zero-order valence-corrected chi connectivity index (χ0v) is 16.4. The predicted molar refractivity (Wildman–Crippen MR) is 107 cm³/mol. The molecule has 0 spiro atoms. The number of ether oxygens (including phenoxy) is 1. The van der Waals surface area contributed by atoms with E-state index in [0.717, 1.165) is 24.2 Å². The average Bonchev–Trinajstić information content (AvgIpc) is 3.52. The molecule has 6 nitrogen and oxygen atoms in total. The lowest BCUT2D eigenvalue weighted by Gasteiger charge is -2.21. The zero-order valence-electron chi connectivity index (χ0n) is 16.4. The maximum atomic E-state index is 13.0. The summed E-state index contributed by atoms with van der Waals surface area (Å²) in [6.45, 7) is 0.532. The van der Waals surface area contributed by atoms with Gasteiger partial charge in [-0.15, -0.1) is 0 Å². The maximum Gasteiger partial charge on any atom is 0.247 e. The highest BCUT2D eigenvalue weighted by Crippen LogP contribution is 2.51. The summed E-state index contributed by atoms with van der Waals surface area (Å²) in [5.74, 6) is 0.845. The number of hydrogen-bond donors (Lipinski definition) is 0. The quantitative estimate of drug-likeness (QED) is 0.727. The van der Waals surface area contributed by atoms with Crippen molar-refractivity contribution in [2.75, 3.05) is 18.6 Å². The first kappa shape index (κ1) is 19.1. The fourth-order valence-corrected chi connectivity index (χ4v) is 4.14. The number of rotatable bonds is 7. The Labute approximate surface area is 170 Å². The summed E-state index contributed by atoms with van der Waals surface area (Å²) < 4.78 is 5.20. The predicted octanol–water partition coefficient (Wildman–Crippen LogP) is 3.10. The molecular formula is C23H23N3O3. The van der Waals surface area contributed by atoms with Crippen LogP contribution in [0.3, 0.4) is 0 Å². The second-order valence-corrected chi connectivity index (χ2v) is 7.81. The number of pyridine rings is 1. The van der Waals surface area contributed by atoms with Crippen LogP contribution < -0.4 is 9.64 Å². The monoisotopic (exact) mass is 389 g/mol. The van der Waals surface area contributed by atoms with Gasteiger partial charge in [-0.05, 0) is 55.0 Å². The summed E-state index contributed by atoms with van der Waals surface area (Å²) in [7, 11) is 1.60. The van der Waals surface area contributed by atoms with Crippen LogP contribution in [0.4, 0.5) is 5.69 Å². The number of nitrogens with zero attached hydrogens (tertiary/aromatic N) is 3. The molecule has 2 heterocycles. The van der Waals surface area contributed by atoms with Gasteiger partial charge in [-0.25, -0.2) is 0 Å². The molecule has 1 aromatic carbocycles. The molecule has 1 aliphatic heterocycles. The van der Waals surface area contributed by atoms with Crippen molar-refractivity contribution in [1.82, 2.24) is 4.98 Å². The molecular weight excluding hydrogens is 366 g/mol. The zero-order chi connectivity index (χ0) is 20.4. The molecule has 148 valence electrons. The van der Waals surface area contributed by atoms with Crippen molar-refractivity contribution in [1.29, 1.82) is 5.26 Å². The Kier molecular flexibility index (Phi) is 5.06. The molecule has 1 aliphatic carbocycles. The number of nitriles is 1. The number of hydrogen-bond acceptors (Lipinski definition) is 5. The lowest BCUT2D eigenvalue weighted by atomic mass is 9.83.